The van der Waals surface area contributed by atoms with Crippen LogP contribution in [0.2, 0.25) is 0 Å². The number of halogens is 1. The molecule has 0 fully saturated rings. The number of anilines is 1. The van der Waals surface area contributed by atoms with Gasteiger partial charge >= 0.3 is 12.1 Å². The number of hydrogen-bond donors (Lipinski definition) is 2. The number of amides is 1. The molecular formula is C15H17BrN2O4. The first-order chi connectivity index (χ1) is 10.2. The number of fused-ring (bicyclic) bond motifs is 1. The van der Waals surface area contributed by atoms with Crippen LogP contribution < -0.4 is 5.32 Å². The lowest BCUT2D eigenvalue weighted by molar-refractivity contribution is 0.0600. The Labute approximate surface area is 136 Å². The smallest absolute Gasteiger partial charge is 0.413 e. The van der Waals surface area contributed by atoms with Crippen LogP contribution >= 0.6 is 15.9 Å². The number of carbonyl (C=O) groups excluding carboxylic acids is 2. The Kier molecular flexibility index (Phi) is 4.46. The van der Waals surface area contributed by atoms with E-state index in [4.69, 9.17) is 9.47 Å². The molecule has 0 saturated heterocycles. The van der Waals surface area contributed by atoms with E-state index in [-0.39, 0.29) is 0 Å². The van der Waals surface area contributed by atoms with Gasteiger partial charge in [-0.25, -0.2) is 9.59 Å². The van der Waals surface area contributed by atoms with Gasteiger partial charge in [-0.3, -0.25) is 5.32 Å². The van der Waals surface area contributed by atoms with Crippen LogP contribution in [0.5, 0.6) is 0 Å². The first kappa shape index (κ1) is 16.4. The molecule has 0 aliphatic rings. The summed E-state index contributed by atoms with van der Waals surface area (Å²) in [6.07, 6.45) is -0.572. The molecule has 0 bridgehead atoms. The molecular weight excluding hydrogens is 352 g/mol. The summed E-state index contributed by atoms with van der Waals surface area (Å²) in [7, 11) is 1.32. The summed E-state index contributed by atoms with van der Waals surface area (Å²) in [4.78, 5) is 26.6. The van der Waals surface area contributed by atoms with E-state index in [9.17, 15) is 9.59 Å². The third kappa shape index (κ3) is 3.79. The first-order valence-corrected chi connectivity index (χ1v) is 7.39. The number of methoxy groups -OCH3 is 1. The maximum atomic E-state index is 11.8. The minimum atomic E-state index is -0.587. The number of ether oxygens (including phenoxy) is 2. The Morgan fingerprint density at radius 2 is 1.91 bits per heavy atom. The second-order valence-electron chi connectivity index (χ2n) is 5.72. The van der Waals surface area contributed by atoms with E-state index in [2.05, 4.69) is 26.2 Å². The third-order valence-electron chi connectivity index (χ3n) is 2.74. The number of aromatic amines is 1. The summed E-state index contributed by atoms with van der Waals surface area (Å²) >= 11 is 3.34. The molecule has 118 valence electrons. The van der Waals surface area contributed by atoms with E-state index < -0.39 is 17.7 Å². The molecule has 1 aromatic carbocycles. The van der Waals surface area contributed by atoms with Crippen LogP contribution in [0.3, 0.4) is 0 Å². The lowest BCUT2D eigenvalue weighted by Gasteiger charge is -2.19. The van der Waals surface area contributed by atoms with E-state index in [1.807, 2.05) is 6.07 Å². The number of carbonyl (C=O) groups is 2. The molecule has 1 aromatic heterocycles. The highest BCUT2D eigenvalue weighted by Gasteiger charge is 2.18. The summed E-state index contributed by atoms with van der Waals surface area (Å²) in [6.45, 7) is 5.35. The molecule has 22 heavy (non-hydrogen) atoms. The van der Waals surface area contributed by atoms with Crippen molar-refractivity contribution in [3.05, 3.63) is 28.2 Å². The molecule has 0 saturated carbocycles. The van der Waals surface area contributed by atoms with Crippen molar-refractivity contribution in [3.8, 4) is 0 Å². The van der Waals surface area contributed by atoms with Gasteiger partial charge in [0.1, 0.15) is 11.4 Å². The molecule has 0 spiro atoms. The zero-order valence-corrected chi connectivity index (χ0v) is 14.3. The number of esters is 1. The van der Waals surface area contributed by atoms with Gasteiger partial charge in [0.2, 0.25) is 0 Å². The number of hydrogen-bond acceptors (Lipinski definition) is 4. The zero-order valence-electron chi connectivity index (χ0n) is 12.7. The van der Waals surface area contributed by atoms with Crippen molar-refractivity contribution in [2.75, 3.05) is 12.4 Å². The van der Waals surface area contributed by atoms with Gasteiger partial charge in [-0.15, -0.1) is 0 Å². The average molecular weight is 369 g/mol. The highest BCUT2D eigenvalue weighted by Crippen LogP contribution is 2.27. The van der Waals surface area contributed by atoms with E-state index in [1.54, 1.807) is 32.9 Å². The van der Waals surface area contributed by atoms with Gasteiger partial charge in [0.05, 0.1) is 12.7 Å². The Morgan fingerprint density at radius 3 is 2.50 bits per heavy atom. The number of rotatable bonds is 2. The van der Waals surface area contributed by atoms with Gasteiger partial charge in [-0.05, 0) is 39.0 Å². The maximum absolute atomic E-state index is 11.8. The molecule has 1 heterocycles. The highest BCUT2D eigenvalue weighted by atomic mass is 79.9. The van der Waals surface area contributed by atoms with Crippen molar-refractivity contribution in [1.29, 1.82) is 0 Å². The Balaban J connectivity index is 2.34. The van der Waals surface area contributed by atoms with Gasteiger partial charge in [-0.1, -0.05) is 15.9 Å². The molecule has 1 amide bonds. The third-order valence-corrected chi connectivity index (χ3v) is 3.20. The van der Waals surface area contributed by atoms with Gasteiger partial charge in [0.25, 0.3) is 0 Å². The molecule has 2 N–H and O–H groups in total. The van der Waals surface area contributed by atoms with Gasteiger partial charge in [0, 0.05) is 15.4 Å². The molecule has 0 aliphatic heterocycles. The van der Waals surface area contributed by atoms with E-state index in [0.29, 0.717) is 22.3 Å². The molecule has 0 aliphatic carbocycles. The van der Waals surface area contributed by atoms with Gasteiger partial charge < -0.3 is 14.5 Å². The lowest BCUT2D eigenvalue weighted by atomic mass is 10.1. The fraction of sp³-hybridized carbons (Fsp3) is 0.333. The minimum Gasteiger partial charge on any atom is -0.465 e. The average Bonchev–Trinajstić information content (AvgIpc) is 2.76. The Hall–Kier alpha value is -2.02. The van der Waals surface area contributed by atoms with Crippen molar-refractivity contribution in [2.24, 2.45) is 0 Å². The highest BCUT2D eigenvalue weighted by molar-refractivity contribution is 9.10. The van der Waals surface area contributed by atoms with Crippen molar-refractivity contribution in [1.82, 2.24) is 4.98 Å². The van der Waals surface area contributed by atoms with Crippen molar-refractivity contribution in [3.63, 3.8) is 0 Å². The fourth-order valence-corrected chi connectivity index (χ4v) is 2.42. The molecule has 0 radical (unpaired) electrons. The number of aromatic nitrogens is 1. The number of benzene rings is 1. The monoisotopic (exact) mass is 368 g/mol. The molecule has 2 aromatic rings. The summed E-state index contributed by atoms with van der Waals surface area (Å²) in [5, 5.41) is 3.26. The van der Waals surface area contributed by atoms with E-state index in [1.165, 1.54) is 7.11 Å². The fourth-order valence-electron chi connectivity index (χ4n) is 1.96. The first-order valence-electron chi connectivity index (χ1n) is 6.60. The second-order valence-corrected chi connectivity index (χ2v) is 6.63. The quantitative estimate of drug-likeness (QED) is 0.783. The van der Waals surface area contributed by atoms with Crippen LogP contribution in [-0.4, -0.2) is 29.8 Å². The van der Waals surface area contributed by atoms with Crippen LogP contribution in [0.25, 0.3) is 10.9 Å². The SMILES string of the molecule is COC(=O)c1cc(Br)cc2[nH]c(NC(=O)OC(C)(C)C)cc12. The number of H-pyrrole nitrogens is 1. The molecule has 0 atom stereocenters. The van der Waals surface area contributed by atoms with Crippen LogP contribution in [0.15, 0.2) is 22.7 Å². The minimum absolute atomic E-state index is 0.403. The molecule has 6 nitrogen and oxygen atoms in total. The molecule has 0 unspecified atom stereocenters. The molecule has 2 rings (SSSR count). The van der Waals surface area contributed by atoms with Gasteiger partial charge in [0.15, 0.2) is 0 Å². The lowest BCUT2D eigenvalue weighted by Crippen LogP contribution is -2.27. The zero-order chi connectivity index (χ0) is 16.5. The Morgan fingerprint density at radius 1 is 1.23 bits per heavy atom. The summed E-state index contributed by atoms with van der Waals surface area (Å²) < 4.78 is 10.7. The predicted octanol–water partition coefficient (Wildman–Crippen LogP) is 4.06. The topological polar surface area (TPSA) is 80.4 Å². The van der Waals surface area contributed by atoms with Crippen LogP contribution in [0.4, 0.5) is 10.6 Å². The van der Waals surface area contributed by atoms with Crippen molar-refractivity contribution < 1.29 is 19.1 Å². The van der Waals surface area contributed by atoms with Crippen LogP contribution in [-0.2, 0) is 9.47 Å². The molecule has 7 heteroatoms. The number of nitrogens with one attached hydrogen (secondary N) is 2. The van der Waals surface area contributed by atoms with Crippen molar-refractivity contribution in [2.45, 2.75) is 26.4 Å². The summed E-state index contributed by atoms with van der Waals surface area (Å²) in [6, 6.07) is 5.14. The second kappa shape index (κ2) is 6.00. The largest absolute Gasteiger partial charge is 0.465 e. The standard InChI is InChI=1S/C15H17BrN2O4/c1-15(2,3)22-14(20)18-12-7-9-10(13(19)21-4)5-8(16)6-11(9)17-12/h5-7,17H,1-4H3,(H,18,20). The summed E-state index contributed by atoms with van der Waals surface area (Å²) in [5.74, 6) is -0.0124. The predicted molar refractivity (Wildman–Crippen MR) is 87.2 cm³/mol. The summed E-state index contributed by atoms with van der Waals surface area (Å²) in [5.41, 5.74) is 0.511. The van der Waals surface area contributed by atoms with Gasteiger partial charge in [-0.2, -0.15) is 0 Å². The maximum Gasteiger partial charge on any atom is 0.413 e. The Bertz CT molecular complexity index is 731. The van der Waals surface area contributed by atoms with Crippen LogP contribution in [0.1, 0.15) is 31.1 Å². The normalized spacial score (nSPS) is 11.3. The van der Waals surface area contributed by atoms with Crippen molar-refractivity contribution >= 4 is 44.7 Å². The van der Waals surface area contributed by atoms with E-state index >= 15 is 0 Å². The van der Waals surface area contributed by atoms with Crippen LogP contribution in [0, 0.1) is 0 Å². The van der Waals surface area contributed by atoms with E-state index in [0.717, 1.165) is 4.47 Å².